The standard InChI is InChI=1S/C12H9NO8S2/c14-8-5-6-11(12(7-8)23(19,20)21)22(17,18)10-4-2-1-3-9(10)13(15)16/h1-7,14H,(H,19,20,21). The maximum absolute atomic E-state index is 12.6. The molecule has 9 nitrogen and oxygen atoms in total. The largest absolute Gasteiger partial charge is 0.508 e. The summed E-state index contributed by atoms with van der Waals surface area (Å²) in [6, 6.07) is 6.53. The van der Waals surface area contributed by atoms with Gasteiger partial charge in [0, 0.05) is 12.1 Å². The molecule has 0 radical (unpaired) electrons. The topological polar surface area (TPSA) is 152 Å². The van der Waals surface area contributed by atoms with Crippen LogP contribution in [0.1, 0.15) is 0 Å². The number of hydrogen-bond acceptors (Lipinski definition) is 7. The van der Waals surface area contributed by atoms with E-state index < -0.39 is 51.0 Å². The predicted octanol–water partition coefficient (Wildman–Crippen LogP) is 1.38. The fourth-order valence-electron chi connectivity index (χ4n) is 1.87. The van der Waals surface area contributed by atoms with Crippen molar-refractivity contribution < 1.29 is 31.4 Å². The van der Waals surface area contributed by atoms with Crippen LogP contribution in [0.3, 0.4) is 0 Å². The average molecular weight is 359 g/mol. The molecule has 23 heavy (non-hydrogen) atoms. The first-order valence-electron chi connectivity index (χ1n) is 5.84. The van der Waals surface area contributed by atoms with E-state index >= 15 is 0 Å². The van der Waals surface area contributed by atoms with Crippen LogP contribution in [0, 0.1) is 10.1 Å². The van der Waals surface area contributed by atoms with Crippen molar-refractivity contribution in [3.05, 3.63) is 52.6 Å². The third kappa shape index (κ3) is 3.16. The van der Waals surface area contributed by atoms with Crippen molar-refractivity contribution >= 4 is 25.6 Å². The summed E-state index contributed by atoms with van der Waals surface area (Å²) >= 11 is 0. The number of hydrogen-bond donors (Lipinski definition) is 2. The van der Waals surface area contributed by atoms with Gasteiger partial charge in [0.2, 0.25) is 9.84 Å². The normalized spacial score (nSPS) is 12.0. The molecule has 0 aromatic heterocycles. The number of benzene rings is 2. The molecule has 122 valence electrons. The molecule has 0 fully saturated rings. The fourth-order valence-corrected chi connectivity index (χ4v) is 4.59. The Labute approximate surface area is 130 Å². The maximum atomic E-state index is 12.6. The number of para-hydroxylation sites is 1. The van der Waals surface area contributed by atoms with Crippen LogP contribution in [0.2, 0.25) is 0 Å². The van der Waals surface area contributed by atoms with E-state index in [1.807, 2.05) is 0 Å². The van der Waals surface area contributed by atoms with Crippen LogP contribution < -0.4 is 0 Å². The van der Waals surface area contributed by atoms with E-state index in [1.54, 1.807) is 0 Å². The van der Waals surface area contributed by atoms with Crippen molar-refractivity contribution in [3.8, 4) is 5.75 Å². The highest BCUT2D eigenvalue weighted by Gasteiger charge is 2.32. The summed E-state index contributed by atoms with van der Waals surface area (Å²) in [6.45, 7) is 0. The summed E-state index contributed by atoms with van der Waals surface area (Å²) in [4.78, 5) is 7.35. The molecule has 0 aliphatic heterocycles. The Morgan fingerprint density at radius 2 is 1.52 bits per heavy atom. The lowest BCUT2D eigenvalue weighted by molar-refractivity contribution is -0.387. The lowest BCUT2D eigenvalue weighted by atomic mass is 10.3. The van der Waals surface area contributed by atoms with Gasteiger partial charge in [-0.05, 0) is 18.2 Å². The molecule has 0 aliphatic rings. The molecular formula is C12H9NO8S2. The zero-order valence-electron chi connectivity index (χ0n) is 11.1. The second-order valence-corrected chi connectivity index (χ2v) is 7.61. The lowest BCUT2D eigenvalue weighted by Gasteiger charge is -2.09. The van der Waals surface area contributed by atoms with E-state index in [1.165, 1.54) is 12.1 Å². The molecule has 0 bridgehead atoms. The summed E-state index contributed by atoms with van der Waals surface area (Å²) in [7, 11) is -9.63. The molecule has 2 N–H and O–H groups in total. The number of aromatic hydroxyl groups is 1. The quantitative estimate of drug-likeness (QED) is 0.472. The van der Waals surface area contributed by atoms with Gasteiger partial charge in [-0.3, -0.25) is 14.7 Å². The van der Waals surface area contributed by atoms with Crippen LogP contribution in [-0.4, -0.2) is 31.4 Å². The lowest BCUT2D eigenvalue weighted by Crippen LogP contribution is -2.11. The van der Waals surface area contributed by atoms with Crippen LogP contribution >= 0.6 is 0 Å². The number of sulfone groups is 1. The van der Waals surface area contributed by atoms with E-state index in [9.17, 15) is 32.1 Å². The summed E-state index contributed by atoms with van der Waals surface area (Å²) < 4.78 is 57.0. The maximum Gasteiger partial charge on any atom is 0.295 e. The Kier molecular flexibility index (Phi) is 4.11. The van der Waals surface area contributed by atoms with Gasteiger partial charge in [-0.1, -0.05) is 12.1 Å². The van der Waals surface area contributed by atoms with Gasteiger partial charge in [0.1, 0.15) is 15.5 Å². The molecule has 2 rings (SSSR count). The van der Waals surface area contributed by atoms with Crippen LogP contribution in [0.5, 0.6) is 5.75 Å². The molecule has 11 heteroatoms. The van der Waals surface area contributed by atoms with Crippen molar-refractivity contribution in [1.82, 2.24) is 0 Å². The molecule has 0 saturated heterocycles. The van der Waals surface area contributed by atoms with Crippen LogP contribution in [0.25, 0.3) is 0 Å². The fraction of sp³-hybridized carbons (Fsp3) is 0. The van der Waals surface area contributed by atoms with Gasteiger partial charge in [0.25, 0.3) is 15.8 Å². The van der Waals surface area contributed by atoms with E-state index in [4.69, 9.17) is 4.55 Å². The Morgan fingerprint density at radius 3 is 2.09 bits per heavy atom. The second-order valence-electron chi connectivity index (χ2n) is 4.33. The van der Waals surface area contributed by atoms with Gasteiger partial charge in [-0.25, -0.2) is 8.42 Å². The summed E-state index contributed by atoms with van der Waals surface area (Å²) in [6.07, 6.45) is 0. The first-order chi connectivity index (χ1) is 10.5. The summed E-state index contributed by atoms with van der Waals surface area (Å²) in [5.74, 6) is -0.598. The van der Waals surface area contributed by atoms with Crippen molar-refractivity contribution in [2.24, 2.45) is 0 Å². The molecule has 0 unspecified atom stereocenters. The number of phenols is 1. The Hall–Kier alpha value is -2.50. The zero-order chi connectivity index (χ0) is 17.4. The van der Waals surface area contributed by atoms with Gasteiger partial charge in [0.15, 0.2) is 0 Å². The highest BCUT2D eigenvalue weighted by Crippen LogP contribution is 2.33. The second kappa shape index (κ2) is 5.61. The first-order valence-corrected chi connectivity index (χ1v) is 8.76. The number of nitro groups is 1. The van der Waals surface area contributed by atoms with E-state index in [2.05, 4.69) is 0 Å². The van der Waals surface area contributed by atoms with Gasteiger partial charge < -0.3 is 5.11 Å². The van der Waals surface area contributed by atoms with Gasteiger partial charge >= 0.3 is 0 Å². The smallest absolute Gasteiger partial charge is 0.295 e. The minimum Gasteiger partial charge on any atom is -0.508 e. The van der Waals surface area contributed by atoms with Crippen LogP contribution in [0.4, 0.5) is 5.69 Å². The molecular weight excluding hydrogens is 350 g/mol. The third-order valence-electron chi connectivity index (χ3n) is 2.85. The molecule has 0 atom stereocenters. The Bertz CT molecular complexity index is 995. The van der Waals surface area contributed by atoms with Crippen LogP contribution in [-0.2, 0) is 20.0 Å². The number of nitro benzene ring substituents is 1. The minimum atomic E-state index is -4.99. The predicted molar refractivity (Wildman–Crippen MR) is 76.5 cm³/mol. The van der Waals surface area contributed by atoms with Gasteiger partial charge in [-0.15, -0.1) is 0 Å². The van der Waals surface area contributed by atoms with E-state index in [-0.39, 0.29) is 0 Å². The number of phenolic OH excluding ortho intramolecular Hbond substituents is 1. The van der Waals surface area contributed by atoms with Crippen molar-refractivity contribution in [1.29, 1.82) is 0 Å². The highest BCUT2D eigenvalue weighted by molar-refractivity contribution is 7.93. The van der Waals surface area contributed by atoms with Crippen molar-refractivity contribution in [2.45, 2.75) is 14.7 Å². The van der Waals surface area contributed by atoms with E-state index in [0.717, 1.165) is 24.3 Å². The third-order valence-corrected chi connectivity index (χ3v) is 5.73. The van der Waals surface area contributed by atoms with Crippen molar-refractivity contribution in [3.63, 3.8) is 0 Å². The molecule has 0 saturated carbocycles. The van der Waals surface area contributed by atoms with Crippen LogP contribution in [0.15, 0.2) is 57.2 Å². The SMILES string of the molecule is O=[N+]([O-])c1ccccc1S(=O)(=O)c1ccc(O)cc1S(=O)(=O)O. The highest BCUT2D eigenvalue weighted by atomic mass is 32.2. The van der Waals surface area contributed by atoms with E-state index in [0.29, 0.717) is 6.07 Å². The average Bonchev–Trinajstić information content (AvgIpc) is 2.46. The molecule has 0 heterocycles. The molecule has 2 aromatic rings. The minimum absolute atomic E-state index is 0.539. The summed E-state index contributed by atoms with van der Waals surface area (Å²) in [5.41, 5.74) is -0.748. The van der Waals surface area contributed by atoms with Gasteiger partial charge in [0.05, 0.1) is 9.82 Å². The molecule has 0 amide bonds. The molecule has 0 aliphatic carbocycles. The van der Waals surface area contributed by atoms with Crippen molar-refractivity contribution in [2.75, 3.05) is 0 Å². The number of nitrogens with zero attached hydrogens (tertiary/aromatic N) is 1. The Morgan fingerprint density at radius 1 is 0.913 bits per heavy atom. The molecule has 2 aromatic carbocycles. The summed E-state index contributed by atoms with van der Waals surface area (Å²) in [5, 5.41) is 20.3. The zero-order valence-corrected chi connectivity index (χ0v) is 12.8. The Balaban J connectivity index is 2.85. The first kappa shape index (κ1) is 16.9. The monoisotopic (exact) mass is 359 g/mol. The molecule has 0 spiro atoms. The van der Waals surface area contributed by atoms with Gasteiger partial charge in [-0.2, -0.15) is 8.42 Å². The number of rotatable bonds is 4.